The molecule has 0 heterocycles. The van der Waals surface area contributed by atoms with Crippen LogP contribution in [0.25, 0.3) is 0 Å². The second kappa shape index (κ2) is 8.01. The number of nitro groups is 1. The third-order valence-corrected chi connectivity index (χ3v) is 4.68. The van der Waals surface area contributed by atoms with Gasteiger partial charge in [-0.2, -0.15) is 0 Å². The van der Waals surface area contributed by atoms with E-state index < -0.39 is 6.04 Å². The Bertz CT molecular complexity index is 469. The van der Waals surface area contributed by atoms with E-state index in [2.05, 4.69) is 5.32 Å². The average molecular weight is 306 g/mol. The second-order valence-electron chi connectivity index (χ2n) is 6.06. The third-order valence-electron chi connectivity index (χ3n) is 4.68. The van der Waals surface area contributed by atoms with Crippen LogP contribution in [-0.4, -0.2) is 24.1 Å². The lowest BCUT2D eigenvalue weighted by Crippen LogP contribution is -2.45. The molecule has 2 atom stereocenters. The van der Waals surface area contributed by atoms with Gasteiger partial charge in [0.15, 0.2) is 0 Å². The first-order valence-corrected chi connectivity index (χ1v) is 8.19. The quantitative estimate of drug-likeness (QED) is 0.608. The molecule has 1 aliphatic rings. The van der Waals surface area contributed by atoms with Gasteiger partial charge in [-0.3, -0.25) is 10.1 Å². The van der Waals surface area contributed by atoms with E-state index >= 15 is 0 Å². The molecule has 5 heteroatoms. The van der Waals surface area contributed by atoms with E-state index in [9.17, 15) is 10.1 Å². The summed E-state index contributed by atoms with van der Waals surface area (Å²) in [5.74, 6) is 1.17. The van der Waals surface area contributed by atoms with E-state index in [1.165, 1.54) is 19.3 Å². The minimum absolute atomic E-state index is 0.103. The number of hydrogen-bond donors (Lipinski definition) is 1. The van der Waals surface area contributed by atoms with Crippen LogP contribution in [0.3, 0.4) is 0 Å². The van der Waals surface area contributed by atoms with Crippen LogP contribution in [-0.2, 0) is 0 Å². The topological polar surface area (TPSA) is 64.4 Å². The van der Waals surface area contributed by atoms with Crippen LogP contribution >= 0.6 is 0 Å². The Morgan fingerprint density at radius 2 is 1.91 bits per heavy atom. The van der Waals surface area contributed by atoms with Gasteiger partial charge in [0.05, 0.1) is 13.2 Å². The summed E-state index contributed by atoms with van der Waals surface area (Å²) < 4.78 is 5.16. The standard InChI is InChI=1S/C17H26N2O3/c1-3-16(19(20)21)17(13-7-5-4-6-8-13)18-14-9-11-15(22-2)12-10-14/h9-13,16-18H,3-8H2,1-2H3/t16-,17+/m1/s1. The highest BCUT2D eigenvalue weighted by Crippen LogP contribution is 2.31. The van der Waals surface area contributed by atoms with Crippen LogP contribution in [0, 0.1) is 16.0 Å². The maximum Gasteiger partial charge on any atom is 0.232 e. The molecule has 1 N–H and O–H groups in total. The van der Waals surface area contributed by atoms with Crippen molar-refractivity contribution < 1.29 is 9.66 Å². The van der Waals surface area contributed by atoms with Crippen molar-refractivity contribution in [2.24, 2.45) is 5.92 Å². The lowest BCUT2D eigenvalue weighted by molar-refractivity contribution is -0.526. The molecule has 1 fully saturated rings. The van der Waals surface area contributed by atoms with Crippen LogP contribution in [0.1, 0.15) is 45.4 Å². The van der Waals surface area contributed by atoms with Gasteiger partial charge < -0.3 is 10.1 Å². The van der Waals surface area contributed by atoms with Gasteiger partial charge in [-0.15, -0.1) is 0 Å². The summed E-state index contributed by atoms with van der Waals surface area (Å²) in [6, 6.07) is 6.99. The molecule has 1 saturated carbocycles. The smallest absolute Gasteiger partial charge is 0.232 e. The first-order valence-electron chi connectivity index (χ1n) is 8.19. The Labute approximate surface area is 132 Å². The summed E-state index contributed by atoms with van der Waals surface area (Å²) in [5, 5.41) is 14.9. The Morgan fingerprint density at radius 1 is 1.27 bits per heavy atom. The van der Waals surface area contributed by atoms with E-state index in [1.54, 1.807) is 7.11 Å². The summed E-state index contributed by atoms with van der Waals surface area (Å²) in [7, 11) is 1.63. The van der Waals surface area contributed by atoms with Crippen molar-refractivity contribution in [2.75, 3.05) is 12.4 Å². The van der Waals surface area contributed by atoms with E-state index in [0.717, 1.165) is 24.3 Å². The molecule has 2 rings (SSSR count). The minimum atomic E-state index is -0.537. The second-order valence-corrected chi connectivity index (χ2v) is 6.06. The monoisotopic (exact) mass is 306 g/mol. The number of nitrogens with one attached hydrogen (secondary N) is 1. The van der Waals surface area contributed by atoms with Gasteiger partial charge >= 0.3 is 0 Å². The van der Waals surface area contributed by atoms with Gasteiger partial charge in [0.2, 0.25) is 6.04 Å². The Morgan fingerprint density at radius 3 is 2.41 bits per heavy atom. The highest BCUT2D eigenvalue weighted by atomic mass is 16.6. The number of benzene rings is 1. The fourth-order valence-electron chi connectivity index (χ4n) is 3.44. The van der Waals surface area contributed by atoms with Gasteiger partial charge in [-0.1, -0.05) is 26.2 Å². The molecule has 0 radical (unpaired) electrons. The van der Waals surface area contributed by atoms with Crippen molar-refractivity contribution in [1.29, 1.82) is 0 Å². The molecule has 5 nitrogen and oxygen atoms in total. The normalized spacial score (nSPS) is 18.5. The molecule has 0 unspecified atom stereocenters. The number of methoxy groups -OCH3 is 1. The molecule has 1 aromatic carbocycles. The van der Waals surface area contributed by atoms with E-state index in [0.29, 0.717) is 12.3 Å². The summed E-state index contributed by atoms with van der Waals surface area (Å²) in [6.45, 7) is 1.90. The van der Waals surface area contributed by atoms with E-state index in [4.69, 9.17) is 4.74 Å². The number of rotatable bonds is 7. The van der Waals surface area contributed by atoms with Crippen LogP contribution in [0.4, 0.5) is 5.69 Å². The highest BCUT2D eigenvalue weighted by Gasteiger charge is 2.36. The lowest BCUT2D eigenvalue weighted by atomic mass is 9.80. The number of hydrogen-bond acceptors (Lipinski definition) is 4. The van der Waals surface area contributed by atoms with E-state index in [1.807, 2.05) is 31.2 Å². The molecular formula is C17H26N2O3. The fraction of sp³-hybridized carbons (Fsp3) is 0.647. The summed E-state index contributed by atoms with van der Waals surface area (Å²) in [6.07, 6.45) is 6.33. The van der Waals surface area contributed by atoms with Gasteiger partial charge in [0, 0.05) is 17.0 Å². The molecule has 0 saturated heterocycles. The Balaban J connectivity index is 2.16. The Kier molecular flexibility index (Phi) is 6.04. The summed E-state index contributed by atoms with van der Waals surface area (Å²) in [4.78, 5) is 11.3. The molecule has 0 spiro atoms. The highest BCUT2D eigenvalue weighted by molar-refractivity contribution is 5.47. The molecule has 0 aliphatic heterocycles. The molecule has 22 heavy (non-hydrogen) atoms. The lowest BCUT2D eigenvalue weighted by Gasteiger charge is -2.32. The van der Waals surface area contributed by atoms with Crippen LogP contribution < -0.4 is 10.1 Å². The first kappa shape index (κ1) is 16.6. The third kappa shape index (κ3) is 4.12. The average Bonchev–Trinajstić information content (AvgIpc) is 2.55. The zero-order valence-electron chi connectivity index (χ0n) is 13.5. The predicted octanol–water partition coefficient (Wildman–Crippen LogP) is 4.11. The summed E-state index contributed by atoms with van der Waals surface area (Å²) in [5.41, 5.74) is 0.927. The molecule has 1 aliphatic carbocycles. The maximum absolute atomic E-state index is 11.5. The largest absolute Gasteiger partial charge is 0.497 e. The number of anilines is 1. The number of nitrogens with zero attached hydrogens (tertiary/aromatic N) is 1. The molecular weight excluding hydrogens is 280 g/mol. The van der Waals surface area contributed by atoms with Crippen molar-refractivity contribution >= 4 is 5.69 Å². The fourth-order valence-corrected chi connectivity index (χ4v) is 3.44. The van der Waals surface area contributed by atoms with E-state index in [-0.39, 0.29) is 11.0 Å². The molecule has 1 aromatic rings. The van der Waals surface area contributed by atoms with Gasteiger partial charge in [-0.05, 0) is 43.0 Å². The van der Waals surface area contributed by atoms with Gasteiger partial charge in [0.1, 0.15) is 5.75 Å². The van der Waals surface area contributed by atoms with Crippen LogP contribution in [0.2, 0.25) is 0 Å². The molecule has 0 bridgehead atoms. The molecule has 0 amide bonds. The zero-order valence-corrected chi connectivity index (χ0v) is 13.5. The maximum atomic E-state index is 11.5. The van der Waals surface area contributed by atoms with Crippen molar-refractivity contribution in [3.05, 3.63) is 34.4 Å². The Hall–Kier alpha value is -1.78. The van der Waals surface area contributed by atoms with Crippen molar-refractivity contribution in [3.8, 4) is 5.75 Å². The van der Waals surface area contributed by atoms with Crippen molar-refractivity contribution in [1.82, 2.24) is 0 Å². The van der Waals surface area contributed by atoms with Crippen LogP contribution in [0.5, 0.6) is 5.75 Å². The minimum Gasteiger partial charge on any atom is -0.497 e. The molecule has 122 valence electrons. The zero-order chi connectivity index (χ0) is 15.9. The summed E-state index contributed by atoms with van der Waals surface area (Å²) >= 11 is 0. The van der Waals surface area contributed by atoms with Gasteiger partial charge in [0.25, 0.3) is 0 Å². The predicted molar refractivity (Wildman–Crippen MR) is 88.1 cm³/mol. The SMILES string of the molecule is CC[C@H]([C@@H](Nc1ccc(OC)cc1)C1CCCCC1)[N+](=O)[O-]. The van der Waals surface area contributed by atoms with Crippen molar-refractivity contribution in [2.45, 2.75) is 57.5 Å². The van der Waals surface area contributed by atoms with Crippen LogP contribution in [0.15, 0.2) is 24.3 Å². The van der Waals surface area contributed by atoms with Gasteiger partial charge in [-0.25, -0.2) is 0 Å². The van der Waals surface area contributed by atoms with Crippen molar-refractivity contribution in [3.63, 3.8) is 0 Å². The first-order chi connectivity index (χ1) is 10.7. The number of ether oxygens (including phenoxy) is 1. The molecule has 0 aromatic heterocycles.